The van der Waals surface area contributed by atoms with Gasteiger partial charge in [-0.3, -0.25) is 4.98 Å². The molecule has 0 saturated carbocycles. The minimum atomic E-state index is -1.52. The van der Waals surface area contributed by atoms with Gasteiger partial charge in [0, 0.05) is 17.2 Å². The lowest BCUT2D eigenvalue weighted by Crippen LogP contribution is -2.43. The molecule has 1 nitrogen and oxygen atoms in total. The van der Waals surface area contributed by atoms with Crippen LogP contribution in [0.5, 0.6) is 0 Å². The largest absolute Gasteiger partial charge is 0.256 e. The number of pyridine rings is 1. The summed E-state index contributed by atoms with van der Waals surface area (Å²) in [5.41, 5.74) is 7.78. The predicted molar refractivity (Wildman–Crippen MR) is 142 cm³/mol. The van der Waals surface area contributed by atoms with Crippen LogP contribution in [0, 0.1) is 0 Å². The van der Waals surface area contributed by atoms with Gasteiger partial charge in [-0.2, -0.15) is 0 Å². The van der Waals surface area contributed by atoms with Gasteiger partial charge >= 0.3 is 0 Å². The van der Waals surface area contributed by atoms with Gasteiger partial charge in [0.25, 0.3) is 0 Å². The second-order valence-corrected chi connectivity index (χ2v) is 16.4. The Labute approximate surface area is 193 Å². The molecule has 5 rings (SSSR count). The molecule has 0 saturated heterocycles. The Balaban J connectivity index is 1.77. The Morgan fingerprint density at radius 1 is 0.688 bits per heavy atom. The van der Waals surface area contributed by atoms with E-state index in [1.165, 1.54) is 43.8 Å². The molecule has 0 radical (unpaired) electrons. The van der Waals surface area contributed by atoms with Gasteiger partial charge in [0.15, 0.2) is 0 Å². The maximum atomic E-state index is 5.04. The molecule has 0 spiro atoms. The van der Waals surface area contributed by atoms with E-state index < -0.39 is 8.07 Å². The van der Waals surface area contributed by atoms with Gasteiger partial charge in [0.2, 0.25) is 0 Å². The van der Waals surface area contributed by atoms with Crippen LogP contribution in [0.4, 0.5) is 0 Å². The summed E-state index contributed by atoms with van der Waals surface area (Å²) in [7, 11) is -1.52. The van der Waals surface area contributed by atoms with Gasteiger partial charge in [-0.1, -0.05) is 107 Å². The molecule has 1 aliphatic carbocycles. The molecule has 1 heterocycles. The SMILES string of the molecule is CC1(C)c2ccccc2-c2cc(-c3cc([Si](C)(C)C)c4ccccc4c3)ncc2C1(C)C. The van der Waals surface area contributed by atoms with E-state index >= 15 is 0 Å². The Bertz CT molecular complexity index is 1360. The lowest BCUT2D eigenvalue weighted by molar-refractivity contribution is 0.298. The molecule has 0 N–H and O–H groups in total. The van der Waals surface area contributed by atoms with Crippen LogP contribution in [0.15, 0.2) is 72.9 Å². The molecular weight excluding hydrogens is 402 g/mol. The summed E-state index contributed by atoms with van der Waals surface area (Å²) in [6, 6.07) is 24.8. The maximum Gasteiger partial charge on any atom is 0.0784 e. The van der Waals surface area contributed by atoms with E-state index in [0.29, 0.717) is 0 Å². The summed E-state index contributed by atoms with van der Waals surface area (Å²) < 4.78 is 0. The van der Waals surface area contributed by atoms with Crippen LogP contribution in [0.3, 0.4) is 0 Å². The van der Waals surface area contributed by atoms with Gasteiger partial charge in [-0.15, -0.1) is 0 Å². The van der Waals surface area contributed by atoms with Gasteiger partial charge in [-0.25, -0.2) is 0 Å². The van der Waals surface area contributed by atoms with E-state index in [1.807, 2.05) is 0 Å². The van der Waals surface area contributed by atoms with Crippen molar-refractivity contribution in [1.82, 2.24) is 4.98 Å². The first-order chi connectivity index (χ1) is 15.0. The molecule has 0 unspecified atom stereocenters. The predicted octanol–water partition coefficient (Wildman–Crippen LogP) is 7.68. The fourth-order valence-corrected chi connectivity index (χ4v) is 6.97. The van der Waals surface area contributed by atoms with Crippen molar-refractivity contribution in [3.05, 3.63) is 84.1 Å². The minimum absolute atomic E-state index is 0.00488. The highest BCUT2D eigenvalue weighted by molar-refractivity contribution is 6.90. The van der Waals surface area contributed by atoms with Gasteiger partial charge in [-0.05, 0) is 50.6 Å². The van der Waals surface area contributed by atoms with E-state index in [2.05, 4.69) is 120 Å². The molecule has 3 aromatic carbocycles. The van der Waals surface area contributed by atoms with Crippen LogP contribution in [0.2, 0.25) is 19.6 Å². The summed E-state index contributed by atoms with van der Waals surface area (Å²) >= 11 is 0. The molecule has 162 valence electrons. The molecule has 4 aromatic rings. The van der Waals surface area contributed by atoms with Crippen molar-refractivity contribution in [2.45, 2.75) is 58.2 Å². The Morgan fingerprint density at radius 3 is 2.09 bits per heavy atom. The summed E-state index contributed by atoms with van der Waals surface area (Å²) in [5.74, 6) is 0. The molecular formula is C30H33NSi. The first-order valence-corrected chi connectivity index (χ1v) is 15.2. The molecule has 0 atom stereocenters. The smallest absolute Gasteiger partial charge is 0.0784 e. The molecule has 0 fully saturated rings. The fourth-order valence-electron chi connectivity index (χ4n) is 5.35. The highest BCUT2D eigenvalue weighted by Crippen LogP contribution is 2.53. The van der Waals surface area contributed by atoms with Crippen molar-refractivity contribution in [2.75, 3.05) is 0 Å². The Hall–Kier alpha value is -2.71. The standard InChI is InChI=1S/C30H33NSi/c1-29(2)25-15-11-10-14-23(25)24-18-27(31-19-26(24)30(29,3)4)21-16-20-12-8-9-13-22(20)28(17-21)32(5,6)7/h8-19H,1-7H3. The minimum Gasteiger partial charge on any atom is -0.256 e. The monoisotopic (exact) mass is 435 g/mol. The lowest BCUT2D eigenvalue weighted by Gasteiger charge is -2.48. The molecule has 1 aliphatic rings. The molecule has 32 heavy (non-hydrogen) atoms. The fraction of sp³-hybridized carbons (Fsp3) is 0.300. The van der Waals surface area contributed by atoms with Crippen LogP contribution in [-0.4, -0.2) is 13.1 Å². The Kier molecular flexibility index (Phi) is 4.55. The summed E-state index contributed by atoms with van der Waals surface area (Å²) in [6.45, 7) is 16.8. The topological polar surface area (TPSA) is 12.9 Å². The second-order valence-electron chi connectivity index (χ2n) is 11.4. The summed E-state index contributed by atoms with van der Waals surface area (Å²) in [5, 5.41) is 4.21. The quantitative estimate of drug-likeness (QED) is 0.294. The van der Waals surface area contributed by atoms with Crippen LogP contribution < -0.4 is 5.19 Å². The zero-order chi connectivity index (χ0) is 22.9. The van der Waals surface area contributed by atoms with Crippen LogP contribution in [0.1, 0.15) is 38.8 Å². The van der Waals surface area contributed by atoms with Crippen molar-refractivity contribution in [3.8, 4) is 22.4 Å². The lowest BCUT2D eigenvalue weighted by atomic mass is 9.56. The zero-order valence-electron chi connectivity index (χ0n) is 20.4. The molecule has 0 amide bonds. The van der Waals surface area contributed by atoms with Crippen LogP contribution in [-0.2, 0) is 10.8 Å². The van der Waals surface area contributed by atoms with E-state index in [4.69, 9.17) is 4.98 Å². The Morgan fingerprint density at radius 2 is 1.34 bits per heavy atom. The highest BCUT2D eigenvalue weighted by atomic mass is 28.3. The van der Waals surface area contributed by atoms with Crippen molar-refractivity contribution in [2.24, 2.45) is 0 Å². The van der Waals surface area contributed by atoms with Gasteiger partial charge in [0.05, 0.1) is 13.8 Å². The molecule has 0 bridgehead atoms. The van der Waals surface area contributed by atoms with E-state index in [9.17, 15) is 0 Å². The first kappa shape index (κ1) is 21.1. The highest BCUT2D eigenvalue weighted by Gasteiger charge is 2.46. The van der Waals surface area contributed by atoms with Crippen molar-refractivity contribution in [3.63, 3.8) is 0 Å². The third-order valence-corrected chi connectivity index (χ3v) is 10.0. The molecule has 0 aliphatic heterocycles. The third-order valence-electron chi connectivity index (χ3n) is 8.00. The maximum absolute atomic E-state index is 5.04. The van der Waals surface area contributed by atoms with Crippen molar-refractivity contribution < 1.29 is 0 Å². The number of benzene rings is 3. The second kappa shape index (κ2) is 6.89. The number of hydrogen-bond donors (Lipinski definition) is 0. The van der Waals surface area contributed by atoms with E-state index in [-0.39, 0.29) is 10.8 Å². The summed E-state index contributed by atoms with van der Waals surface area (Å²) in [6.07, 6.45) is 2.14. The van der Waals surface area contributed by atoms with E-state index in [0.717, 1.165) is 5.69 Å². The third kappa shape index (κ3) is 3.00. The van der Waals surface area contributed by atoms with Gasteiger partial charge in [0.1, 0.15) is 0 Å². The van der Waals surface area contributed by atoms with Crippen LogP contribution in [0.25, 0.3) is 33.2 Å². The first-order valence-electron chi connectivity index (χ1n) is 11.7. The van der Waals surface area contributed by atoms with Crippen molar-refractivity contribution >= 4 is 24.0 Å². The zero-order valence-corrected chi connectivity index (χ0v) is 21.4. The summed E-state index contributed by atoms with van der Waals surface area (Å²) in [4.78, 5) is 5.04. The molecule has 2 heteroatoms. The number of hydrogen-bond acceptors (Lipinski definition) is 1. The molecule has 1 aromatic heterocycles. The number of rotatable bonds is 2. The normalized spacial score (nSPS) is 16.5. The average molecular weight is 436 g/mol. The van der Waals surface area contributed by atoms with Gasteiger partial charge < -0.3 is 0 Å². The number of fused-ring (bicyclic) bond motifs is 4. The van der Waals surface area contributed by atoms with Crippen LogP contribution >= 0.6 is 0 Å². The number of aromatic nitrogens is 1. The number of nitrogens with zero attached hydrogens (tertiary/aromatic N) is 1. The van der Waals surface area contributed by atoms with Crippen molar-refractivity contribution in [1.29, 1.82) is 0 Å². The average Bonchev–Trinajstić information content (AvgIpc) is 2.76. The van der Waals surface area contributed by atoms with E-state index in [1.54, 1.807) is 0 Å².